The fourth-order valence-electron chi connectivity index (χ4n) is 1.76. The van der Waals surface area contributed by atoms with Crippen molar-refractivity contribution in [1.29, 1.82) is 0 Å². The van der Waals surface area contributed by atoms with Crippen LogP contribution in [0.2, 0.25) is 10.0 Å². The minimum absolute atomic E-state index is 0.199. The predicted molar refractivity (Wildman–Crippen MR) is 82.6 cm³/mol. The van der Waals surface area contributed by atoms with E-state index in [1.54, 1.807) is 18.2 Å². The maximum atomic E-state index is 13.8. The molecule has 20 heavy (non-hydrogen) atoms. The van der Waals surface area contributed by atoms with Crippen molar-refractivity contribution >= 4 is 44.8 Å². The molecule has 0 aliphatic carbocycles. The van der Waals surface area contributed by atoms with Crippen LogP contribution in [-0.2, 0) is 0 Å². The van der Waals surface area contributed by atoms with Crippen molar-refractivity contribution in [2.75, 3.05) is 5.32 Å². The molecule has 0 saturated carbocycles. The first-order chi connectivity index (χ1) is 9.38. The van der Waals surface area contributed by atoms with Crippen LogP contribution < -0.4 is 5.32 Å². The molecular weight excluding hydrogens is 371 g/mol. The quantitative estimate of drug-likeness (QED) is 0.667. The first-order valence-electron chi connectivity index (χ1n) is 5.74. The van der Waals surface area contributed by atoms with Gasteiger partial charge in [0.05, 0.1) is 15.7 Å². The van der Waals surface area contributed by atoms with Crippen LogP contribution in [0.1, 0.15) is 18.5 Å². The van der Waals surface area contributed by atoms with Gasteiger partial charge in [0.25, 0.3) is 0 Å². The van der Waals surface area contributed by atoms with Crippen LogP contribution in [0.25, 0.3) is 0 Å². The predicted octanol–water partition coefficient (Wildman–Crippen LogP) is 6.21. The van der Waals surface area contributed by atoms with Crippen molar-refractivity contribution in [3.05, 3.63) is 62.0 Å². The van der Waals surface area contributed by atoms with E-state index in [0.29, 0.717) is 14.5 Å². The van der Waals surface area contributed by atoms with E-state index in [2.05, 4.69) is 21.2 Å². The first-order valence-corrected chi connectivity index (χ1v) is 7.29. The molecule has 1 atom stereocenters. The van der Waals surface area contributed by atoms with Crippen molar-refractivity contribution in [2.24, 2.45) is 0 Å². The molecule has 0 fully saturated rings. The Labute approximate surface area is 134 Å². The van der Waals surface area contributed by atoms with Gasteiger partial charge in [-0.25, -0.2) is 8.78 Å². The molecule has 0 aliphatic rings. The van der Waals surface area contributed by atoms with Gasteiger partial charge in [0.2, 0.25) is 0 Å². The molecule has 0 bridgehead atoms. The fourth-order valence-corrected chi connectivity index (χ4v) is 2.59. The number of nitrogens with one attached hydrogen (secondary N) is 1. The van der Waals surface area contributed by atoms with E-state index in [1.807, 2.05) is 6.92 Å². The van der Waals surface area contributed by atoms with Gasteiger partial charge in [-0.3, -0.25) is 0 Å². The number of benzene rings is 2. The van der Waals surface area contributed by atoms with Gasteiger partial charge in [0.1, 0.15) is 11.6 Å². The standard InChI is InChI=1S/C14H10BrCl2F2N/c1-7(8-2-3-11(16)12(17)4-8)20-14-10(15)5-9(18)6-13(14)19/h2-7,20H,1H3. The third-order valence-electron chi connectivity index (χ3n) is 2.81. The number of halogens is 5. The van der Waals surface area contributed by atoms with Crippen LogP contribution in [0.3, 0.4) is 0 Å². The second-order valence-electron chi connectivity index (χ2n) is 4.28. The summed E-state index contributed by atoms with van der Waals surface area (Å²) in [5.74, 6) is -1.30. The highest BCUT2D eigenvalue weighted by Gasteiger charge is 2.14. The van der Waals surface area contributed by atoms with Gasteiger partial charge in [0, 0.05) is 16.6 Å². The van der Waals surface area contributed by atoms with E-state index in [1.165, 1.54) is 6.07 Å². The highest BCUT2D eigenvalue weighted by molar-refractivity contribution is 9.10. The van der Waals surface area contributed by atoms with Gasteiger partial charge in [-0.15, -0.1) is 0 Å². The Kier molecular flexibility index (Phi) is 4.89. The molecule has 2 aromatic rings. The maximum Gasteiger partial charge on any atom is 0.150 e. The van der Waals surface area contributed by atoms with E-state index >= 15 is 0 Å². The van der Waals surface area contributed by atoms with Crippen LogP contribution in [0.15, 0.2) is 34.8 Å². The third kappa shape index (κ3) is 3.43. The van der Waals surface area contributed by atoms with E-state index in [0.717, 1.165) is 11.6 Å². The van der Waals surface area contributed by atoms with Crippen LogP contribution in [0.5, 0.6) is 0 Å². The minimum Gasteiger partial charge on any atom is -0.375 e. The lowest BCUT2D eigenvalue weighted by Gasteiger charge is -2.18. The second-order valence-corrected chi connectivity index (χ2v) is 5.95. The smallest absolute Gasteiger partial charge is 0.150 e. The second kappa shape index (κ2) is 6.29. The number of hydrogen-bond acceptors (Lipinski definition) is 1. The molecule has 1 N–H and O–H groups in total. The van der Waals surface area contributed by atoms with Crippen LogP contribution in [-0.4, -0.2) is 0 Å². The van der Waals surface area contributed by atoms with E-state index < -0.39 is 11.6 Å². The average Bonchev–Trinajstić information content (AvgIpc) is 2.36. The molecule has 2 rings (SSSR count). The van der Waals surface area contributed by atoms with Crippen molar-refractivity contribution in [3.8, 4) is 0 Å². The van der Waals surface area contributed by atoms with Gasteiger partial charge < -0.3 is 5.32 Å². The lowest BCUT2D eigenvalue weighted by molar-refractivity contribution is 0.582. The summed E-state index contributed by atoms with van der Waals surface area (Å²) in [4.78, 5) is 0. The molecule has 6 heteroatoms. The van der Waals surface area contributed by atoms with Gasteiger partial charge in [-0.1, -0.05) is 29.3 Å². The Morgan fingerprint density at radius 1 is 1.10 bits per heavy atom. The molecule has 1 unspecified atom stereocenters. The van der Waals surface area contributed by atoms with Crippen LogP contribution in [0.4, 0.5) is 14.5 Å². The Morgan fingerprint density at radius 3 is 2.40 bits per heavy atom. The molecule has 106 valence electrons. The Bertz CT molecular complexity index is 626. The Hall–Kier alpha value is -0.840. The van der Waals surface area contributed by atoms with E-state index in [-0.39, 0.29) is 11.7 Å². The van der Waals surface area contributed by atoms with Gasteiger partial charge in [-0.05, 0) is 46.6 Å². The summed E-state index contributed by atoms with van der Waals surface area (Å²) in [5, 5.41) is 3.86. The Morgan fingerprint density at radius 2 is 1.80 bits per heavy atom. The molecule has 0 amide bonds. The lowest BCUT2D eigenvalue weighted by Crippen LogP contribution is -2.09. The Balaban J connectivity index is 2.27. The van der Waals surface area contributed by atoms with E-state index in [9.17, 15) is 8.78 Å². The minimum atomic E-state index is -0.663. The summed E-state index contributed by atoms with van der Waals surface area (Å²) in [6.07, 6.45) is 0. The highest BCUT2D eigenvalue weighted by Crippen LogP contribution is 2.32. The first kappa shape index (κ1) is 15.5. The molecule has 0 radical (unpaired) electrons. The highest BCUT2D eigenvalue weighted by atomic mass is 79.9. The molecule has 2 aromatic carbocycles. The molecule has 0 spiro atoms. The summed E-state index contributed by atoms with van der Waals surface area (Å²) in [6, 6.07) is 6.98. The van der Waals surface area contributed by atoms with Gasteiger partial charge in [0.15, 0.2) is 0 Å². The topological polar surface area (TPSA) is 12.0 Å². The van der Waals surface area contributed by atoms with Gasteiger partial charge >= 0.3 is 0 Å². The molecule has 0 aliphatic heterocycles. The normalized spacial score (nSPS) is 12.3. The SMILES string of the molecule is CC(Nc1c(F)cc(F)cc1Br)c1ccc(Cl)c(Cl)c1. The average molecular weight is 381 g/mol. The maximum absolute atomic E-state index is 13.8. The number of anilines is 1. The van der Waals surface area contributed by atoms with Crippen molar-refractivity contribution in [3.63, 3.8) is 0 Å². The summed E-state index contributed by atoms with van der Waals surface area (Å²) < 4.78 is 27.1. The molecule has 0 aromatic heterocycles. The summed E-state index contributed by atoms with van der Waals surface area (Å²) in [6.45, 7) is 1.84. The monoisotopic (exact) mass is 379 g/mol. The van der Waals surface area contributed by atoms with Crippen molar-refractivity contribution in [2.45, 2.75) is 13.0 Å². The number of hydrogen-bond donors (Lipinski definition) is 1. The van der Waals surface area contributed by atoms with Crippen molar-refractivity contribution in [1.82, 2.24) is 0 Å². The summed E-state index contributed by atoms with van der Waals surface area (Å²) in [7, 11) is 0. The van der Waals surface area contributed by atoms with Crippen molar-refractivity contribution < 1.29 is 8.78 Å². The van der Waals surface area contributed by atoms with Crippen LogP contribution >= 0.6 is 39.1 Å². The fraction of sp³-hybridized carbons (Fsp3) is 0.143. The number of rotatable bonds is 3. The molecule has 1 nitrogen and oxygen atoms in total. The zero-order valence-corrected chi connectivity index (χ0v) is 13.5. The molecule has 0 heterocycles. The molecular formula is C14H10BrCl2F2N. The van der Waals surface area contributed by atoms with E-state index in [4.69, 9.17) is 23.2 Å². The zero-order valence-electron chi connectivity index (χ0n) is 10.4. The lowest BCUT2D eigenvalue weighted by atomic mass is 10.1. The zero-order chi connectivity index (χ0) is 14.9. The summed E-state index contributed by atoms with van der Waals surface area (Å²) in [5.41, 5.74) is 1.04. The largest absolute Gasteiger partial charge is 0.375 e. The third-order valence-corrected chi connectivity index (χ3v) is 4.18. The van der Waals surface area contributed by atoms with Gasteiger partial charge in [-0.2, -0.15) is 0 Å². The summed E-state index contributed by atoms with van der Waals surface area (Å²) >= 11 is 14.9. The van der Waals surface area contributed by atoms with Crippen LogP contribution in [0, 0.1) is 11.6 Å². The molecule has 0 saturated heterocycles.